The monoisotopic (exact) mass is 418 g/mol. The second-order valence-corrected chi connectivity index (χ2v) is 7.30. The van der Waals surface area contributed by atoms with Crippen molar-refractivity contribution in [2.45, 2.75) is 19.9 Å². The molecule has 0 saturated carbocycles. The van der Waals surface area contributed by atoms with E-state index in [2.05, 4.69) is 25.9 Å². The molecule has 30 heavy (non-hydrogen) atoms. The van der Waals surface area contributed by atoms with E-state index in [9.17, 15) is 14.3 Å². The molecular weight excluding hydrogens is 391 g/mol. The van der Waals surface area contributed by atoms with E-state index in [4.69, 9.17) is 4.74 Å². The molecule has 1 fully saturated rings. The summed E-state index contributed by atoms with van der Waals surface area (Å²) in [6, 6.07) is 6.55. The van der Waals surface area contributed by atoms with Gasteiger partial charge in [0.1, 0.15) is 0 Å². The van der Waals surface area contributed by atoms with Crippen molar-refractivity contribution in [2.24, 2.45) is 5.92 Å². The van der Waals surface area contributed by atoms with Crippen LogP contribution in [0.5, 0.6) is 0 Å². The van der Waals surface area contributed by atoms with Crippen LogP contribution >= 0.6 is 0 Å². The molecule has 2 aromatic rings. The number of aromatic nitrogens is 2. The first-order valence-electron chi connectivity index (χ1n) is 9.87. The summed E-state index contributed by atoms with van der Waals surface area (Å²) in [7, 11) is 0. The summed E-state index contributed by atoms with van der Waals surface area (Å²) < 4.78 is 19.4. The van der Waals surface area contributed by atoms with E-state index in [1.165, 1.54) is 0 Å². The zero-order valence-corrected chi connectivity index (χ0v) is 17.1. The van der Waals surface area contributed by atoms with Crippen molar-refractivity contribution in [1.29, 1.82) is 0 Å². The van der Waals surface area contributed by atoms with Crippen LogP contribution in [-0.2, 0) is 4.74 Å². The van der Waals surface area contributed by atoms with Crippen molar-refractivity contribution in [1.82, 2.24) is 14.9 Å². The van der Waals surface area contributed by atoms with Gasteiger partial charge in [-0.3, -0.25) is 0 Å². The average Bonchev–Trinajstić information content (AvgIpc) is 2.74. The average molecular weight is 418 g/mol. The number of amides is 2. The highest BCUT2D eigenvalue weighted by Crippen LogP contribution is 2.21. The third kappa shape index (κ3) is 5.77. The van der Waals surface area contributed by atoms with Crippen LogP contribution in [0.1, 0.15) is 13.8 Å². The quantitative estimate of drug-likeness (QED) is 0.547. The van der Waals surface area contributed by atoms with Gasteiger partial charge >= 0.3 is 6.03 Å². The van der Waals surface area contributed by atoms with Crippen LogP contribution < -0.4 is 16.0 Å². The Morgan fingerprint density at radius 1 is 1.30 bits per heavy atom. The highest BCUT2D eigenvalue weighted by Gasteiger charge is 2.18. The topological polar surface area (TPSA) is 112 Å². The van der Waals surface area contributed by atoms with Gasteiger partial charge in [-0.05, 0) is 24.1 Å². The summed E-state index contributed by atoms with van der Waals surface area (Å²) in [5.41, 5.74) is 1.24. The molecule has 10 heteroatoms. The first-order chi connectivity index (χ1) is 14.5. The number of benzene rings is 1. The molecule has 9 nitrogen and oxygen atoms in total. The Morgan fingerprint density at radius 3 is 2.73 bits per heavy atom. The van der Waals surface area contributed by atoms with E-state index in [0.29, 0.717) is 37.7 Å². The number of hydrogen-bond acceptors (Lipinski definition) is 7. The number of urea groups is 1. The Morgan fingerprint density at radius 2 is 2.03 bits per heavy atom. The Labute approximate surface area is 174 Å². The van der Waals surface area contributed by atoms with Gasteiger partial charge in [-0.25, -0.2) is 14.2 Å². The number of carbonyl (C=O) groups excluding carboxylic acids is 1. The fourth-order valence-electron chi connectivity index (χ4n) is 2.90. The lowest BCUT2D eigenvalue weighted by Gasteiger charge is -2.27. The molecule has 3 rings (SSSR count). The first-order valence-corrected chi connectivity index (χ1v) is 9.87. The number of anilines is 4. The number of halogens is 1. The van der Waals surface area contributed by atoms with Gasteiger partial charge in [-0.15, -0.1) is 0 Å². The van der Waals surface area contributed by atoms with E-state index >= 15 is 0 Å². The standard InChI is InChI=1S/C20H27FN6O3/c1-13(2)17(12-28)25-18-16(21)11-22-19(26-18)23-14-4-3-5-15(10-14)24-20(29)27-6-8-30-9-7-27/h3-5,10-11,13,17,28H,6-9,12H2,1-2H3,(H,24,29)(H2,22,23,25,26)/t17-/m1/s1. The normalized spacial score (nSPS) is 15.0. The molecule has 1 saturated heterocycles. The van der Waals surface area contributed by atoms with Crippen molar-refractivity contribution < 1.29 is 19.0 Å². The van der Waals surface area contributed by atoms with Crippen LogP contribution in [0.15, 0.2) is 30.5 Å². The molecule has 0 bridgehead atoms. The zero-order valence-electron chi connectivity index (χ0n) is 17.1. The summed E-state index contributed by atoms with van der Waals surface area (Å²) >= 11 is 0. The van der Waals surface area contributed by atoms with Gasteiger partial charge in [-0.1, -0.05) is 19.9 Å². The fourth-order valence-corrected chi connectivity index (χ4v) is 2.90. The Balaban J connectivity index is 1.68. The smallest absolute Gasteiger partial charge is 0.322 e. The van der Waals surface area contributed by atoms with E-state index in [1.54, 1.807) is 29.2 Å². The molecule has 0 radical (unpaired) electrons. The molecule has 0 unspecified atom stereocenters. The number of nitrogens with one attached hydrogen (secondary N) is 3. The van der Waals surface area contributed by atoms with E-state index in [1.807, 2.05) is 13.8 Å². The third-order valence-corrected chi connectivity index (χ3v) is 4.74. The number of carbonyl (C=O) groups is 1. The Hall–Kier alpha value is -2.98. The van der Waals surface area contributed by atoms with Crippen molar-refractivity contribution in [2.75, 3.05) is 48.9 Å². The summed E-state index contributed by atoms with van der Waals surface area (Å²) in [5.74, 6) is -0.313. The SMILES string of the molecule is CC(C)[C@@H](CO)Nc1nc(Nc2cccc(NC(=O)N3CCOCC3)c2)ncc1F. The summed E-state index contributed by atoms with van der Waals surface area (Å²) in [6.07, 6.45) is 1.07. The maximum absolute atomic E-state index is 14.1. The van der Waals surface area contributed by atoms with Crippen LogP contribution in [0.4, 0.5) is 32.3 Å². The van der Waals surface area contributed by atoms with Gasteiger partial charge < -0.3 is 30.7 Å². The van der Waals surface area contributed by atoms with Gasteiger partial charge in [0.25, 0.3) is 0 Å². The number of nitrogens with zero attached hydrogens (tertiary/aromatic N) is 3. The van der Waals surface area contributed by atoms with E-state index in [-0.39, 0.29) is 36.4 Å². The number of hydrogen-bond donors (Lipinski definition) is 4. The van der Waals surface area contributed by atoms with Crippen LogP contribution in [0, 0.1) is 11.7 Å². The molecule has 0 aliphatic carbocycles. The van der Waals surface area contributed by atoms with Gasteiger partial charge in [0.05, 0.1) is 32.1 Å². The lowest BCUT2D eigenvalue weighted by molar-refractivity contribution is 0.0564. The molecule has 1 aliphatic rings. The summed E-state index contributed by atoms with van der Waals surface area (Å²) in [5, 5.41) is 18.2. The Kier molecular flexibility index (Phi) is 7.36. The largest absolute Gasteiger partial charge is 0.394 e. The molecule has 0 spiro atoms. The molecule has 2 amide bonds. The van der Waals surface area contributed by atoms with Gasteiger partial charge in [-0.2, -0.15) is 4.98 Å². The zero-order chi connectivity index (χ0) is 21.5. The number of aliphatic hydroxyl groups is 1. The van der Waals surface area contributed by atoms with Crippen molar-refractivity contribution in [3.63, 3.8) is 0 Å². The fraction of sp³-hybridized carbons (Fsp3) is 0.450. The van der Waals surface area contributed by atoms with Crippen molar-refractivity contribution in [3.8, 4) is 0 Å². The van der Waals surface area contributed by atoms with Gasteiger partial charge in [0, 0.05) is 24.5 Å². The molecule has 1 aromatic carbocycles. The summed E-state index contributed by atoms with van der Waals surface area (Å²) in [6.45, 7) is 5.85. The van der Waals surface area contributed by atoms with Crippen molar-refractivity contribution >= 4 is 29.2 Å². The minimum atomic E-state index is -0.605. The number of aliphatic hydroxyl groups excluding tert-OH is 1. The molecule has 2 heterocycles. The van der Waals surface area contributed by atoms with Gasteiger partial charge in [0.15, 0.2) is 11.6 Å². The molecule has 1 atom stereocenters. The summed E-state index contributed by atoms with van der Waals surface area (Å²) in [4.78, 5) is 22.2. The van der Waals surface area contributed by atoms with E-state index in [0.717, 1.165) is 6.20 Å². The maximum atomic E-state index is 14.1. The lowest BCUT2D eigenvalue weighted by atomic mass is 10.1. The van der Waals surface area contributed by atoms with Crippen LogP contribution in [0.25, 0.3) is 0 Å². The van der Waals surface area contributed by atoms with E-state index < -0.39 is 5.82 Å². The molecule has 1 aromatic heterocycles. The second kappa shape index (κ2) is 10.2. The first kappa shape index (κ1) is 21.7. The lowest BCUT2D eigenvalue weighted by Crippen LogP contribution is -2.43. The maximum Gasteiger partial charge on any atom is 0.322 e. The minimum Gasteiger partial charge on any atom is -0.394 e. The Bertz CT molecular complexity index is 860. The second-order valence-electron chi connectivity index (χ2n) is 7.30. The minimum absolute atomic E-state index is 0.0111. The molecule has 4 N–H and O–H groups in total. The predicted molar refractivity (Wildman–Crippen MR) is 112 cm³/mol. The molecule has 1 aliphatic heterocycles. The van der Waals surface area contributed by atoms with Gasteiger partial charge in [0.2, 0.25) is 5.95 Å². The van der Waals surface area contributed by atoms with Crippen LogP contribution in [-0.4, -0.2) is 65.0 Å². The number of ether oxygens (including phenoxy) is 1. The number of morpholine rings is 1. The van der Waals surface area contributed by atoms with Crippen LogP contribution in [0.2, 0.25) is 0 Å². The predicted octanol–water partition coefficient (Wildman–Crippen LogP) is 2.65. The van der Waals surface area contributed by atoms with Crippen molar-refractivity contribution in [3.05, 3.63) is 36.3 Å². The molecular formula is C20H27FN6O3. The number of rotatable bonds is 7. The molecule has 162 valence electrons. The highest BCUT2D eigenvalue weighted by molar-refractivity contribution is 5.90. The highest BCUT2D eigenvalue weighted by atomic mass is 19.1. The third-order valence-electron chi connectivity index (χ3n) is 4.74. The van der Waals surface area contributed by atoms with Crippen LogP contribution in [0.3, 0.4) is 0 Å².